The minimum atomic E-state index is -0.0998. The van der Waals surface area contributed by atoms with E-state index in [9.17, 15) is 4.79 Å². The molecule has 0 bridgehead atoms. The predicted octanol–water partition coefficient (Wildman–Crippen LogP) is 6.83. The van der Waals surface area contributed by atoms with Gasteiger partial charge in [-0.1, -0.05) is 57.0 Å². The van der Waals surface area contributed by atoms with Gasteiger partial charge in [0.1, 0.15) is 10.9 Å². The smallest absolute Gasteiger partial charge is 0.314 e. The van der Waals surface area contributed by atoms with Crippen LogP contribution in [-0.2, 0) is 4.79 Å². The van der Waals surface area contributed by atoms with Crippen molar-refractivity contribution in [1.82, 2.24) is 4.98 Å². The zero-order valence-electron chi connectivity index (χ0n) is 16.7. The Hall–Kier alpha value is -1.09. The number of nitrogens with zero attached hydrogens (tertiary/aromatic N) is 1. The van der Waals surface area contributed by atoms with E-state index >= 15 is 0 Å². The van der Waals surface area contributed by atoms with Crippen LogP contribution in [0, 0.1) is 23.7 Å². The van der Waals surface area contributed by atoms with E-state index in [0.29, 0.717) is 10.9 Å². The minimum absolute atomic E-state index is 0.0438. The van der Waals surface area contributed by atoms with Gasteiger partial charge in [0, 0.05) is 0 Å². The molecule has 0 radical (unpaired) electrons. The molecular weight excluding hydrogens is 358 g/mol. The van der Waals surface area contributed by atoms with Crippen molar-refractivity contribution in [1.29, 1.82) is 0 Å². The molecule has 0 amide bonds. The summed E-state index contributed by atoms with van der Waals surface area (Å²) in [5, 5.41) is 0.412. The van der Waals surface area contributed by atoms with E-state index in [1.165, 1.54) is 70.4 Å². The van der Waals surface area contributed by atoms with Gasteiger partial charge in [0.15, 0.2) is 0 Å². The fraction of sp³-hybridized carbons (Fsp3) is 0.739. The zero-order chi connectivity index (χ0) is 19.1. The normalized spacial score (nSPS) is 28.7. The highest BCUT2D eigenvalue weighted by atomic mass is 35.5. The molecule has 2 aliphatic carbocycles. The molecule has 0 atom stereocenters. The predicted molar refractivity (Wildman–Crippen MR) is 110 cm³/mol. The lowest BCUT2D eigenvalue weighted by molar-refractivity contribution is -0.140. The second kappa shape index (κ2) is 10.5. The summed E-state index contributed by atoms with van der Waals surface area (Å²) < 4.78 is 5.49. The molecule has 150 valence electrons. The number of carbonyl (C=O) groups excluding carboxylic acids is 1. The van der Waals surface area contributed by atoms with E-state index in [4.69, 9.17) is 16.3 Å². The summed E-state index contributed by atoms with van der Waals surface area (Å²) in [6.45, 7) is 2.29. The Balaban J connectivity index is 1.37. The summed E-state index contributed by atoms with van der Waals surface area (Å²) >= 11 is 5.78. The monoisotopic (exact) mass is 391 g/mol. The van der Waals surface area contributed by atoms with Crippen LogP contribution in [0.5, 0.6) is 5.75 Å². The molecule has 1 heterocycles. The molecule has 0 saturated heterocycles. The van der Waals surface area contributed by atoms with Crippen molar-refractivity contribution in [3.8, 4) is 5.75 Å². The van der Waals surface area contributed by atoms with Crippen molar-refractivity contribution >= 4 is 17.6 Å². The number of ether oxygens (including phenoxy) is 1. The fourth-order valence-corrected chi connectivity index (χ4v) is 5.19. The van der Waals surface area contributed by atoms with Gasteiger partial charge in [-0.3, -0.25) is 4.79 Å². The van der Waals surface area contributed by atoms with Crippen LogP contribution in [0.1, 0.15) is 84.0 Å². The second-order valence-corrected chi connectivity index (χ2v) is 9.01. The quantitative estimate of drug-likeness (QED) is 0.290. The first-order valence-corrected chi connectivity index (χ1v) is 11.4. The third-order valence-corrected chi connectivity index (χ3v) is 7.02. The molecule has 0 aromatic carbocycles. The molecule has 1 aromatic heterocycles. The van der Waals surface area contributed by atoms with Crippen LogP contribution in [-0.4, -0.2) is 11.0 Å². The van der Waals surface area contributed by atoms with Crippen LogP contribution in [0.4, 0.5) is 0 Å². The lowest BCUT2D eigenvalue weighted by Crippen LogP contribution is -2.30. The van der Waals surface area contributed by atoms with E-state index in [1.807, 2.05) is 0 Å². The highest BCUT2D eigenvalue weighted by molar-refractivity contribution is 6.29. The average Bonchev–Trinajstić information content (AvgIpc) is 2.70. The SMILES string of the molecule is CCCCC[C@H]1CC[C@H]([C@H]2CC[C@H](C(=O)Oc3ccc(Cl)nc3)CC2)CC1. The molecular formula is C23H34ClNO2. The molecule has 3 rings (SSSR count). The molecule has 0 spiro atoms. The third-order valence-electron chi connectivity index (χ3n) is 6.80. The summed E-state index contributed by atoms with van der Waals surface area (Å²) in [4.78, 5) is 16.4. The van der Waals surface area contributed by atoms with Crippen LogP contribution in [0.15, 0.2) is 18.3 Å². The topological polar surface area (TPSA) is 39.2 Å². The maximum absolute atomic E-state index is 12.4. The molecule has 2 saturated carbocycles. The Labute approximate surface area is 169 Å². The third kappa shape index (κ3) is 6.20. The molecule has 0 N–H and O–H groups in total. The maximum atomic E-state index is 12.4. The molecule has 0 aliphatic heterocycles. The lowest BCUT2D eigenvalue weighted by atomic mass is 9.68. The first-order valence-electron chi connectivity index (χ1n) is 11.0. The molecule has 2 fully saturated rings. The van der Waals surface area contributed by atoms with Gasteiger partial charge in [-0.25, -0.2) is 4.98 Å². The van der Waals surface area contributed by atoms with Gasteiger partial charge in [-0.05, 0) is 68.4 Å². The Bertz CT molecular complexity index is 573. The number of aromatic nitrogens is 1. The lowest BCUT2D eigenvalue weighted by Gasteiger charge is -2.37. The zero-order valence-corrected chi connectivity index (χ0v) is 17.4. The van der Waals surface area contributed by atoms with E-state index in [1.54, 1.807) is 12.1 Å². The number of carbonyl (C=O) groups is 1. The van der Waals surface area contributed by atoms with Crippen molar-refractivity contribution in [3.63, 3.8) is 0 Å². The largest absolute Gasteiger partial charge is 0.425 e. The molecule has 3 nitrogen and oxygen atoms in total. The number of halogens is 1. The Morgan fingerprint density at radius 2 is 1.70 bits per heavy atom. The van der Waals surface area contributed by atoms with E-state index < -0.39 is 0 Å². The average molecular weight is 392 g/mol. The fourth-order valence-electron chi connectivity index (χ4n) is 5.08. The number of hydrogen-bond donors (Lipinski definition) is 0. The van der Waals surface area contributed by atoms with Crippen molar-refractivity contribution in [2.45, 2.75) is 84.0 Å². The summed E-state index contributed by atoms with van der Waals surface area (Å²) in [5.41, 5.74) is 0. The van der Waals surface area contributed by atoms with Crippen LogP contribution >= 0.6 is 11.6 Å². The molecule has 2 aliphatic rings. The van der Waals surface area contributed by atoms with Gasteiger partial charge in [-0.2, -0.15) is 0 Å². The summed E-state index contributed by atoms with van der Waals surface area (Å²) in [7, 11) is 0. The van der Waals surface area contributed by atoms with Crippen LogP contribution in [0.3, 0.4) is 0 Å². The van der Waals surface area contributed by atoms with Gasteiger partial charge in [0.05, 0.1) is 12.1 Å². The first kappa shape index (κ1) is 20.6. The minimum Gasteiger partial charge on any atom is -0.425 e. The standard InChI is InChI=1S/C23H34ClNO2/c1-2-3-4-5-17-6-8-18(9-7-17)19-10-12-20(13-11-19)23(26)27-21-14-15-22(24)25-16-21/h14-20H,2-13H2,1H3/t17-,18-,19-,20-. The Kier molecular flexibility index (Phi) is 7.99. The molecule has 27 heavy (non-hydrogen) atoms. The van der Waals surface area contributed by atoms with Gasteiger partial charge < -0.3 is 4.74 Å². The van der Waals surface area contributed by atoms with Gasteiger partial charge >= 0.3 is 5.97 Å². The van der Waals surface area contributed by atoms with E-state index in [2.05, 4.69) is 11.9 Å². The molecule has 4 heteroatoms. The summed E-state index contributed by atoms with van der Waals surface area (Å²) in [5.74, 6) is 3.13. The van der Waals surface area contributed by atoms with E-state index in [0.717, 1.165) is 30.6 Å². The molecule has 0 unspecified atom stereocenters. The van der Waals surface area contributed by atoms with Gasteiger partial charge in [-0.15, -0.1) is 0 Å². The van der Waals surface area contributed by atoms with E-state index in [-0.39, 0.29) is 11.9 Å². The second-order valence-electron chi connectivity index (χ2n) is 8.63. The number of hydrogen-bond acceptors (Lipinski definition) is 3. The van der Waals surface area contributed by atoms with Crippen molar-refractivity contribution in [3.05, 3.63) is 23.5 Å². The Morgan fingerprint density at radius 3 is 2.30 bits per heavy atom. The number of unbranched alkanes of at least 4 members (excludes halogenated alkanes) is 2. The highest BCUT2D eigenvalue weighted by Gasteiger charge is 2.33. The first-order chi connectivity index (χ1) is 13.2. The highest BCUT2D eigenvalue weighted by Crippen LogP contribution is 2.42. The summed E-state index contributed by atoms with van der Waals surface area (Å²) in [6, 6.07) is 3.36. The Morgan fingerprint density at radius 1 is 1.04 bits per heavy atom. The van der Waals surface area contributed by atoms with Crippen molar-refractivity contribution in [2.75, 3.05) is 0 Å². The summed E-state index contributed by atoms with van der Waals surface area (Å²) in [6.07, 6.45) is 17.1. The van der Waals surface area contributed by atoms with Crippen molar-refractivity contribution in [2.24, 2.45) is 23.7 Å². The van der Waals surface area contributed by atoms with Crippen LogP contribution < -0.4 is 4.74 Å². The van der Waals surface area contributed by atoms with Gasteiger partial charge in [0.2, 0.25) is 0 Å². The van der Waals surface area contributed by atoms with Gasteiger partial charge in [0.25, 0.3) is 0 Å². The maximum Gasteiger partial charge on any atom is 0.314 e. The number of pyridine rings is 1. The number of esters is 1. The van der Waals surface area contributed by atoms with Crippen molar-refractivity contribution < 1.29 is 9.53 Å². The number of rotatable bonds is 7. The molecule has 1 aromatic rings. The van der Waals surface area contributed by atoms with Crippen LogP contribution in [0.2, 0.25) is 5.15 Å². The van der Waals surface area contributed by atoms with Crippen LogP contribution in [0.25, 0.3) is 0 Å².